The second kappa shape index (κ2) is 5.27. The minimum atomic E-state index is 0. The molecule has 2 aliphatic rings. The zero-order valence-corrected chi connectivity index (χ0v) is 11.4. The maximum Gasteiger partial charge on any atom is 0.0576 e. The van der Waals surface area contributed by atoms with E-state index in [4.69, 9.17) is 0 Å². The van der Waals surface area contributed by atoms with E-state index in [1.807, 2.05) is 0 Å². The van der Waals surface area contributed by atoms with E-state index in [2.05, 4.69) is 52.4 Å². The van der Waals surface area contributed by atoms with E-state index in [-0.39, 0.29) is 26.2 Å². The van der Waals surface area contributed by atoms with Crippen LogP contribution in [0, 0.1) is 0 Å². The number of hydrogen-bond donors (Lipinski definition) is 0. The molecule has 0 unspecified atom stereocenters. The van der Waals surface area contributed by atoms with Crippen LogP contribution < -0.4 is 0 Å². The molecule has 0 saturated heterocycles. The van der Waals surface area contributed by atoms with Crippen molar-refractivity contribution in [2.45, 2.75) is 17.7 Å². The second-order valence-electron chi connectivity index (χ2n) is 3.11. The van der Waals surface area contributed by atoms with Gasteiger partial charge in [0.15, 0.2) is 0 Å². The molecule has 0 amide bonds. The average molecular weight is 314 g/mol. The molecule has 0 bridgehead atoms. The Kier molecular flexibility index (Phi) is 4.62. The van der Waals surface area contributed by atoms with Crippen molar-refractivity contribution in [2.75, 3.05) is 0 Å². The fraction of sp³-hybridized carbons (Fsp3) is 0.273. The topological polar surface area (TPSA) is 0 Å². The van der Waals surface area contributed by atoms with Gasteiger partial charge in [-0.25, -0.2) is 0 Å². The Labute approximate surface area is 107 Å². The van der Waals surface area contributed by atoms with E-state index in [0.29, 0.717) is 4.83 Å². The first-order chi connectivity index (χ1) is 5.88. The van der Waals surface area contributed by atoms with Crippen LogP contribution in [0.1, 0.15) is 12.8 Å². The van der Waals surface area contributed by atoms with Crippen molar-refractivity contribution >= 4 is 15.9 Å². The van der Waals surface area contributed by atoms with Crippen LogP contribution in [0.5, 0.6) is 0 Å². The zero-order valence-electron chi connectivity index (χ0n) is 7.33. The Balaban J connectivity index is 0.000000845. The minimum absolute atomic E-state index is 0. The van der Waals surface area contributed by atoms with Gasteiger partial charge in [0.25, 0.3) is 0 Å². The second-order valence-corrected chi connectivity index (χ2v) is 4.03. The Hall–Kier alpha value is 0.323. The van der Waals surface area contributed by atoms with Crippen LogP contribution in [-0.4, -0.2) is 4.83 Å². The summed E-state index contributed by atoms with van der Waals surface area (Å²) in [6.07, 6.45) is 15.3. The Morgan fingerprint density at radius 2 is 1.46 bits per heavy atom. The van der Waals surface area contributed by atoms with Crippen LogP contribution in [-0.2, 0) is 26.2 Å². The quantitative estimate of drug-likeness (QED) is 0.684. The van der Waals surface area contributed by atoms with Gasteiger partial charge in [-0.1, -0.05) is 52.4 Å². The summed E-state index contributed by atoms with van der Waals surface area (Å²) in [7, 11) is 0. The molecular formula is C11H11BrZr. The van der Waals surface area contributed by atoms with Gasteiger partial charge in [0, 0.05) is 26.2 Å². The molecule has 2 heteroatoms. The summed E-state index contributed by atoms with van der Waals surface area (Å²) in [5.74, 6) is 0. The number of allylic oxidation sites excluding steroid dienone is 8. The Bertz CT molecular complexity index is 267. The summed E-state index contributed by atoms with van der Waals surface area (Å²) < 4.78 is 0. The molecule has 0 fully saturated rings. The summed E-state index contributed by atoms with van der Waals surface area (Å²) >= 11 is 3.71. The molecule has 13 heavy (non-hydrogen) atoms. The van der Waals surface area contributed by atoms with E-state index in [1.165, 1.54) is 11.1 Å². The molecule has 0 atom stereocenters. The van der Waals surface area contributed by atoms with Gasteiger partial charge < -0.3 is 0 Å². The third kappa shape index (κ3) is 2.64. The minimum Gasteiger partial charge on any atom is -0.0804 e. The van der Waals surface area contributed by atoms with Gasteiger partial charge in [0.05, 0.1) is 4.83 Å². The SMILES string of the molecule is BrC(C1=CC=CC1)C1=CC=CC1.[Zr]. The van der Waals surface area contributed by atoms with Crippen LogP contribution in [0.2, 0.25) is 0 Å². The van der Waals surface area contributed by atoms with E-state index in [1.54, 1.807) is 0 Å². The van der Waals surface area contributed by atoms with Crippen LogP contribution in [0.15, 0.2) is 47.6 Å². The molecule has 0 aromatic heterocycles. The predicted octanol–water partition coefficient (Wildman–Crippen LogP) is 3.52. The zero-order chi connectivity index (χ0) is 8.39. The third-order valence-corrected chi connectivity index (χ3v) is 3.43. The summed E-state index contributed by atoms with van der Waals surface area (Å²) in [5, 5.41) is 0. The van der Waals surface area contributed by atoms with Gasteiger partial charge in [-0.15, -0.1) is 0 Å². The molecule has 0 aromatic carbocycles. The van der Waals surface area contributed by atoms with Crippen molar-refractivity contribution in [3.8, 4) is 0 Å². The van der Waals surface area contributed by atoms with Crippen molar-refractivity contribution in [3.63, 3.8) is 0 Å². The van der Waals surface area contributed by atoms with E-state index in [9.17, 15) is 0 Å². The monoisotopic (exact) mass is 312 g/mol. The molecule has 2 aliphatic carbocycles. The van der Waals surface area contributed by atoms with Crippen molar-refractivity contribution in [3.05, 3.63) is 47.6 Å². The smallest absolute Gasteiger partial charge is 0.0576 e. The third-order valence-electron chi connectivity index (χ3n) is 2.25. The molecule has 0 aromatic rings. The van der Waals surface area contributed by atoms with E-state index in [0.717, 1.165) is 12.8 Å². The van der Waals surface area contributed by atoms with Crippen LogP contribution in [0.25, 0.3) is 0 Å². The Morgan fingerprint density at radius 3 is 1.77 bits per heavy atom. The summed E-state index contributed by atoms with van der Waals surface area (Å²) in [5.41, 5.74) is 2.95. The van der Waals surface area contributed by atoms with Crippen molar-refractivity contribution < 1.29 is 26.2 Å². The fourth-order valence-electron chi connectivity index (χ4n) is 1.54. The molecule has 66 valence electrons. The van der Waals surface area contributed by atoms with Crippen molar-refractivity contribution in [2.24, 2.45) is 0 Å². The van der Waals surface area contributed by atoms with Gasteiger partial charge in [0.2, 0.25) is 0 Å². The van der Waals surface area contributed by atoms with Gasteiger partial charge in [0.1, 0.15) is 0 Å². The summed E-state index contributed by atoms with van der Waals surface area (Å²) in [6.45, 7) is 0. The molecule has 0 nitrogen and oxygen atoms in total. The Morgan fingerprint density at radius 1 is 1.00 bits per heavy atom. The van der Waals surface area contributed by atoms with Gasteiger partial charge in [-0.3, -0.25) is 0 Å². The fourth-order valence-corrected chi connectivity index (χ4v) is 2.22. The van der Waals surface area contributed by atoms with E-state index >= 15 is 0 Å². The van der Waals surface area contributed by atoms with Crippen molar-refractivity contribution in [1.82, 2.24) is 0 Å². The van der Waals surface area contributed by atoms with Crippen LogP contribution in [0.4, 0.5) is 0 Å². The number of halogens is 1. The van der Waals surface area contributed by atoms with Crippen LogP contribution >= 0.6 is 15.9 Å². The maximum atomic E-state index is 3.71. The molecule has 0 aliphatic heterocycles. The molecule has 0 radical (unpaired) electrons. The number of hydrogen-bond acceptors (Lipinski definition) is 0. The molecule has 0 saturated carbocycles. The van der Waals surface area contributed by atoms with Gasteiger partial charge in [-0.2, -0.15) is 0 Å². The average Bonchev–Trinajstić information content (AvgIpc) is 2.77. The molecule has 0 N–H and O–H groups in total. The first-order valence-electron chi connectivity index (χ1n) is 4.23. The molecule has 2 rings (SSSR count). The van der Waals surface area contributed by atoms with Gasteiger partial charge >= 0.3 is 0 Å². The summed E-state index contributed by atoms with van der Waals surface area (Å²) in [6, 6.07) is 0. The molecule has 0 heterocycles. The molecular weight excluding hydrogens is 303 g/mol. The van der Waals surface area contributed by atoms with E-state index < -0.39 is 0 Å². The van der Waals surface area contributed by atoms with Crippen molar-refractivity contribution in [1.29, 1.82) is 0 Å². The first kappa shape index (κ1) is 11.4. The normalized spacial score (nSPS) is 18.9. The number of rotatable bonds is 2. The summed E-state index contributed by atoms with van der Waals surface area (Å²) in [4.78, 5) is 0.461. The van der Waals surface area contributed by atoms with Gasteiger partial charge in [-0.05, 0) is 24.0 Å². The predicted molar refractivity (Wildman–Crippen MR) is 56.4 cm³/mol. The number of alkyl halides is 1. The molecule has 0 spiro atoms. The maximum absolute atomic E-state index is 3.71. The standard InChI is InChI=1S/C11H11Br.Zr/c12-11(9-5-1-2-6-9)10-7-3-4-8-10;/h1-5,7,11H,6,8H2;. The first-order valence-corrected chi connectivity index (χ1v) is 5.15. The van der Waals surface area contributed by atoms with Crippen LogP contribution in [0.3, 0.4) is 0 Å². The largest absolute Gasteiger partial charge is 0.0804 e.